The number of benzene rings is 2. The minimum atomic E-state index is -3.49. The zero-order valence-electron chi connectivity index (χ0n) is 17.1. The van der Waals surface area contributed by atoms with Crippen LogP contribution in [0.5, 0.6) is 0 Å². The van der Waals surface area contributed by atoms with Crippen LogP contribution < -0.4 is 5.32 Å². The summed E-state index contributed by atoms with van der Waals surface area (Å²) in [5, 5.41) is 4.64. The van der Waals surface area contributed by atoms with E-state index in [2.05, 4.69) is 5.32 Å². The van der Waals surface area contributed by atoms with Crippen molar-refractivity contribution in [3.8, 4) is 0 Å². The Morgan fingerprint density at radius 1 is 1.10 bits per heavy atom. The minimum Gasteiger partial charge on any atom is -0.323 e. The summed E-state index contributed by atoms with van der Waals surface area (Å²) in [6, 6.07) is 13.1. The summed E-state index contributed by atoms with van der Waals surface area (Å²) in [5.74, 6) is -0.163. The van der Waals surface area contributed by atoms with Gasteiger partial charge in [-0.1, -0.05) is 48.0 Å². The van der Waals surface area contributed by atoms with Gasteiger partial charge in [0.25, 0.3) is 0 Å². The number of halogens is 1. The van der Waals surface area contributed by atoms with Gasteiger partial charge >= 0.3 is 0 Å². The summed E-state index contributed by atoms with van der Waals surface area (Å²) < 4.78 is 26.6. The van der Waals surface area contributed by atoms with E-state index in [1.807, 2.05) is 61.2 Å². The molecule has 1 N–H and O–H groups in total. The van der Waals surface area contributed by atoms with Gasteiger partial charge in [0.1, 0.15) is 0 Å². The summed E-state index contributed by atoms with van der Waals surface area (Å²) in [6.45, 7) is 5.72. The molecular weight excluding hydrogens is 422 g/mol. The molecule has 0 aliphatic carbocycles. The fourth-order valence-corrected chi connectivity index (χ4v) is 4.95. The number of carbonyl (C=O) groups excluding carboxylic acids is 1. The van der Waals surface area contributed by atoms with Crippen molar-refractivity contribution in [1.82, 2.24) is 9.21 Å². The standard InChI is InChI=1S/C22H26ClN3O3S/c1-17-14-18(2)22(20(23)15-17)24-21(27)16-25-9-11-26(12-10-25)30(28,29)13-8-19-6-4-3-5-7-19/h3-8,13-15H,9-12,16H2,1-2H3,(H,24,27)/b13-8+. The van der Waals surface area contributed by atoms with Gasteiger partial charge in [-0.2, -0.15) is 4.31 Å². The highest BCUT2D eigenvalue weighted by Gasteiger charge is 2.26. The molecule has 0 spiro atoms. The molecule has 3 rings (SSSR count). The van der Waals surface area contributed by atoms with Crippen molar-refractivity contribution in [3.63, 3.8) is 0 Å². The minimum absolute atomic E-state index is 0.163. The van der Waals surface area contributed by atoms with Crippen LogP contribution in [-0.4, -0.2) is 56.3 Å². The van der Waals surface area contributed by atoms with Gasteiger partial charge < -0.3 is 5.32 Å². The number of hydrogen-bond acceptors (Lipinski definition) is 4. The molecule has 0 bridgehead atoms. The van der Waals surface area contributed by atoms with Gasteiger partial charge in [0.2, 0.25) is 15.9 Å². The van der Waals surface area contributed by atoms with Gasteiger partial charge in [0, 0.05) is 31.6 Å². The monoisotopic (exact) mass is 447 g/mol. The average molecular weight is 448 g/mol. The molecule has 1 heterocycles. The van der Waals surface area contributed by atoms with Crippen molar-refractivity contribution in [2.75, 3.05) is 38.0 Å². The predicted molar refractivity (Wildman–Crippen MR) is 122 cm³/mol. The number of rotatable bonds is 6. The number of anilines is 1. The maximum absolute atomic E-state index is 12.6. The van der Waals surface area contributed by atoms with Gasteiger partial charge in [0.05, 0.1) is 17.3 Å². The Morgan fingerprint density at radius 2 is 1.77 bits per heavy atom. The molecule has 0 aromatic heterocycles. The van der Waals surface area contributed by atoms with E-state index >= 15 is 0 Å². The number of amides is 1. The molecule has 160 valence electrons. The lowest BCUT2D eigenvalue weighted by molar-refractivity contribution is -0.117. The Balaban J connectivity index is 1.53. The third-order valence-electron chi connectivity index (χ3n) is 4.99. The number of carbonyl (C=O) groups is 1. The largest absolute Gasteiger partial charge is 0.323 e. The maximum atomic E-state index is 12.6. The molecular formula is C22H26ClN3O3S. The molecule has 1 aliphatic rings. The Kier molecular flexibility index (Phi) is 7.31. The molecule has 0 radical (unpaired) electrons. The van der Waals surface area contributed by atoms with Crippen LogP contribution in [0.2, 0.25) is 5.02 Å². The number of piperazine rings is 1. The van der Waals surface area contributed by atoms with Crippen molar-refractivity contribution < 1.29 is 13.2 Å². The lowest BCUT2D eigenvalue weighted by atomic mass is 10.1. The summed E-state index contributed by atoms with van der Waals surface area (Å²) in [4.78, 5) is 14.4. The fraction of sp³-hybridized carbons (Fsp3) is 0.318. The van der Waals surface area contributed by atoms with Crippen molar-refractivity contribution in [2.24, 2.45) is 0 Å². The lowest BCUT2D eigenvalue weighted by Crippen LogP contribution is -2.49. The molecule has 1 saturated heterocycles. The second kappa shape index (κ2) is 9.75. The summed E-state index contributed by atoms with van der Waals surface area (Å²) >= 11 is 6.26. The molecule has 0 unspecified atom stereocenters. The second-order valence-corrected chi connectivity index (χ2v) is 9.65. The Morgan fingerprint density at radius 3 is 2.40 bits per heavy atom. The van der Waals surface area contributed by atoms with E-state index in [0.717, 1.165) is 16.7 Å². The third-order valence-corrected chi connectivity index (χ3v) is 6.85. The summed E-state index contributed by atoms with van der Waals surface area (Å²) in [5.41, 5.74) is 3.41. The zero-order valence-corrected chi connectivity index (χ0v) is 18.7. The quantitative estimate of drug-likeness (QED) is 0.735. The van der Waals surface area contributed by atoms with Crippen molar-refractivity contribution in [2.45, 2.75) is 13.8 Å². The van der Waals surface area contributed by atoms with Crippen LogP contribution in [0.25, 0.3) is 6.08 Å². The van der Waals surface area contributed by atoms with Gasteiger partial charge in [-0.3, -0.25) is 9.69 Å². The molecule has 30 heavy (non-hydrogen) atoms. The van der Waals surface area contributed by atoms with Crippen LogP contribution >= 0.6 is 11.6 Å². The van der Waals surface area contributed by atoms with Crippen LogP contribution in [-0.2, 0) is 14.8 Å². The molecule has 8 heteroatoms. The molecule has 2 aromatic rings. The van der Waals surface area contributed by atoms with Gasteiger partial charge in [-0.25, -0.2) is 8.42 Å². The van der Waals surface area contributed by atoms with E-state index in [0.29, 0.717) is 36.9 Å². The van der Waals surface area contributed by atoms with Crippen molar-refractivity contribution in [3.05, 3.63) is 69.6 Å². The number of sulfonamides is 1. The van der Waals surface area contributed by atoms with Gasteiger partial charge in [-0.15, -0.1) is 0 Å². The Labute approximate surface area is 183 Å². The first-order chi connectivity index (χ1) is 14.2. The van der Waals surface area contributed by atoms with E-state index in [1.54, 1.807) is 6.08 Å². The Hall–Kier alpha value is -2.19. The normalized spacial score (nSPS) is 16.1. The van der Waals surface area contributed by atoms with Gasteiger partial charge in [-0.05, 0) is 42.7 Å². The highest BCUT2D eigenvalue weighted by Crippen LogP contribution is 2.27. The third kappa shape index (κ3) is 5.92. The molecule has 1 aliphatic heterocycles. The molecule has 1 amide bonds. The zero-order chi connectivity index (χ0) is 21.7. The number of nitrogens with one attached hydrogen (secondary N) is 1. The SMILES string of the molecule is Cc1cc(C)c(NC(=O)CN2CCN(S(=O)(=O)/C=C/c3ccccc3)CC2)c(Cl)c1. The van der Waals surface area contributed by atoms with Gasteiger partial charge in [0.15, 0.2) is 0 Å². The highest BCUT2D eigenvalue weighted by atomic mass is 35.5. The van der Waals surface area contributed by atoms with E-state index < -0.39 is 10.0 Å². The number of nitrogens with zero attached hydrogens (tertiary/aromatic N) is 2. The number of aryl methyl sites for hydroxylation is 2. The van der Waals surface area contributed by atoms with E-state index in [4.69, 9.17) is 11.6 Å². The average Bonchev–Trinajstić information content (AvgIpc) is 2.70. The van der Waals surface area contributed by atoms with E-state index in [1.165, 1.54) is 9.71 Å². The second-order valence-electron chi connectivity index (χ2n) is 7.42. The molecule has 1 fully saturated rings. The smallest absolute Gasteiger partial charge is 0.238 e. The fourth-order valence-electron chi connectivity index (χ4n) is 3.41. The lowest BCUT2D eigenvalue weighted by Gasteiger charge is -2.32. The van der Waals surface area contributed by atoms with Crippen LogP contribution in [0.3, 0.4) is 0 Å². The molecule has 2 aromatic carbocycles. The first-order valence-electron chi connectivity index (χ1n) is 9.77. The first kappa shape index (κ1) is 22.5. The van der Waals surface area contributed by atoms with Crippen molar-refractivity contribution >= 4 is 39.3 Å². The summed E-state index contributed by atoms with van der Waals surface area (Å²) in [7, 11) is -3.49. The van der Waals surface area contributed by atoms with Crippen molar-refractivity contribution in [1.29, 1.82) is 0 Å². The first-order valence-corrected chi connectivity index (χ1v) is 11.6. The summed E-state index contributed by atoms with van der Waals surface area (Å²) in [6.07, 6.45) is 1.60. The van der Waals surface area contributed by atoms with Crippen LogP contribution in [0.15, 0.2) is 47.9 Å². The molecule has 0 saturated carbocycles. The Bertz CT molecular complexity index is 1010. The maximum Gasteiger partial charge on any atom is 0.238 e. The van der Waals surface area contributed by atoms with Crippen LogP contribution in [0.1, 0.15) is 16.7 Å². The van der Waals surface area contributed by atoms with Crippen LogP contribution in [0.4, 0.5) is 5.69 Å². The van der Waals surface area contributed by atoms with Crippen LogP contribution in [0, 0.1) is 13.8 Å². The predicted octanol–water partition coefficient (Wildman–Crippen LogP) is 3.51. The number of hydrogen-bond donors (Lipinski definition) is 1. The molecule has 6 nitrogen and oxygen atoms in total. The highest BCUT2D eigenvalue weighted by molar-refractivity contribution is 7.92. The topological polar surface area (TPSA) is 69.7 Å². The van der Waals surface area contributed by atoms with E-state index in [9.17, 15) is 13.2 Å². The van der Waals surface area contributed by atoms with E-state index in [-0.39, 0.29) is 12.5 Å². The molecule has 0 atom stereocenters.